The Bertz CT molecular complexity index is 973. The molecule has 0 aliphatic heterocycles. The number of allylic oxidation sites excluding steroid dienone is 1. The second kappa shape index (κ2) is 11.7. The number of rotatable bonds is 12. The van der Waals surface area contributed by atoms with Gasteiger partial charge in [0.1, 0.15) is 5.76 Å². The molecule has 1 aromatic rings. The van der Waals surface area contributed by atoms with Crippen LogP contribution in [0.4, 0.5) is 0 Å². The van der Waals surface area contributed by atoms with Gasteiger partial charge in [0.2, 0.25) is 0 Å². The zero-order valence-electron chi connectivity index (χ0n) is 25.2. The smallest absolute Gasteiger partial charge is 0.192 e. The van der Waals surface area contributed by atoms with Gasteiger partial charge in [-0.3, -0.25) is 0 Å². The minimum absolute atomic E-state index is 0.0210. The molecule has 6 nitrogen and oxygen atoms in total. The zero-order valence-corrected chi connectivity index (χ0v) is 26.2. The number of aliphatic hydroxyl groups excluding tert-OH is 1. The SMILES string of the molecule is C=C[C@H](CO)C[C@]1(O)C(c2coc(CO[Si](C)(C)C(C)(C)C)c2)=CC[C@]2(C)[C@@H]([C@H](C)C(OC)OC)CC[C@H]21. The molecule has 38 heavy (non-hydrogen) atoms. The van der Waals surface area contributed by atoms with Gasteiger partial charge < -0.3 is 28.5 Å². The van der Waals surface area contributed by atoms with Gasteiger partial charge in [-0.25, -0.2) is 0 Å². The van der Waals surface area contributed by atoms with Gasteiger partial charge in [0.25, 0.3) is 0 Å². The van der Waals surface area contributed by atoms with E-state index in [0.29, 0.717) is 18.9 Å². The van der Waals surface area contributed by atoms with E-state index in [0.717, 1.165) is 36.2 Å². The third-order valence-electron chi connectivity index (χ3n) is 10.2. The van der Waals surface area contributed by atoms with E-state index in [9.17, 15) is 10.2 Å². The standard InChI is InChI=1S/C31H52O6Si/c1-11-22(18-32)17-31(33)26(23-16-24(36-19-23)20-37-38(9,10)29(3,4)5)14-15-30(6)25(12-13-27(30)31)21(2)28(34-7)35-8/h11,14,16,19,21-22,25,27-28,32-33H,1,12-13,15,17-18,20H2,2-10H3/t21-,22-,25+,27+,30+,31-/m0/s1. The number of furan rings is 1. The molecule has 2 aliphatic rings. The molecule has 0 unspecified atom stereocenters. The molecule has 0 radical (unpaired) electrons. The summed E-state index contributed by atoms with van der Waals surface area (Å²) in [4.78, 5) is 0. The van der Waals surface area contributed by atoms with Crippen molar-refractivity contribution < 1.29 is 28.5 Å². The second-order valence-electron chi connectivity index (χ2n) is 13.4. The van der Waals surface area contributed by atoms with Crippen LogP contribution in [0.2, 0.25) is 18.1 Å². The highest BCUT2D eigenvalue weighted by Crippen LogP contribution is 2.63. The zero-order chi connectivity index (χ0) is 28.5. The van der Waals surface area contributed by atoms with Crippen LogP contribution in [0.15, 0.2) is 35.5 Å². The van der Waals surface area contributed by atoms with Gasteiger partial charge >= 0.3 is 0 Å². The van der Waals surface area contributed by atoms with E-state index < -0.39 is 13.9 Å². The molecule has 2 N–H and O–H groups in total. The fourth-order valence-corrected chi connectivity index (χ4v) is 7.85. The molecule has 1 heterocycles. The van der Waals surface area contributed by atoms with E-state index in [-0.39, 0.29) is 41.1 Å². The van der Waals surface area contributed by atoms with E-state index in [1.807, 2.05) is 6.07 Å². The average Bonchev–Trinajstić information content (AvgIpc) is 3.46. The van der Waals surface area contributed by atoms with Gasteiger partial charge in [0, 0.05) is 38.2 Å². The summed E-state index contributed by atoms with van der Waals surface area (Å²) in [6.45, 7) is 20.0. The van der Waals surface area contributed by atoms with Crippen molar-refractivity contribution in [2.75, 3.05) is 20.8 Å². The lowest BCUT2D eigenvalue weighted by Gasteiger charge is -2.51. The van der Waals surface area contributed by atoms with E-state index in [1.54, 1.807) is 26.6 Å². The van der Waals surface area contributed by atoms with E-state index in [2.05, 4.69) is 60.4 Å². The molecule has 3 rings (SSSR count). The molecule has 1 saturated carbocycles. The van der Waals surface area contributed by atoms with Crippen molar-refractivity contribution in [3.8, 4) is 0 Å². The van der Waals surface area contributed by atoms with Crippen molar-refractivity contribution in [2.45, 2.75) is 96.9 Å². The molecule has 0 aromatic carbocycles. The van der Waals surface area contributed by atoms with Crippen LogP contribution in [0.5, 0.6) is 0 Å². The van der Waals surface area contributed by atoms with Crippen LogP contribution in [-0.4, -0.2) is 51.2 Å². The Hall–Kier alpha value is -1.22. The summed E-state index contributed by atoms with van der Waals surface area (Å²) in [6, 6.07) is 2.02. The average molecular weight is 549 g/mol. The van der Waals surface area contributed by atoms with Crippen LogP contribution in [0.3, 0.4) is 0 Å². The first-order valence-corrected chi connectivity index (χ1v) is 17.0. The van der Waals surface area contributed by atoms with E-state index >= 15 is 0 Å². The van der Waals surface area contributed by atoms with Crippen molar-refractivity contribution in [1.82, 2.24) is 0 Å². The third kappa shape index (κ3) is 5.79. The minimum Gasteiger partial charge on any atom is -0.466 e. The molecular weight excluding hydrogens is 496 g/mol. The number of hydrogen-bond donors (Lipinski definition) is 2. The minimum atomic E-state index is -1.92. The third-order valence-corrected chi connectivity index (χ3v) is 14.7. The molecule has 6 atom stereocenters. The Morgan fingerprint density at radius 2 is 1.89 bits per heavy atom. The first-order chi connectivity index (χ1) is 17.7. The van der Waals surface area contributed by atoms with Gasteiger partial charge in [-0.15, -0.1) is 6.58 Å². The quantitative estimate of drug-likeness (QED) is 0.170. The van der Waals surface area contributed by atoms with Gasteiger partial charge in [0.15, 0.2) is 14.6 Å². The highest BCUT2D eigenvalue weighted by Gasteiger charge is 2.60. The maximum Gasteiger partial charge on any atom is 0.192 e. The largest absolute Gasteiger partial charge is 0.466 e. The first kappa shape index (κ1) is 31.3. The first-order valence-electron chi connectivity index (χ1n) is 14.1. The van der Waals surface area contributed by atoms with Gasteiger partial charge in [-0.2, -0.15) is 0 Å². The molecule has 0 spiro atoms. The van der Waals surface area contributed by atoms with Crippen molar-refractivity contribution in [2.24, 2.45) is 29.1 Å². The lowest BCUT2D eigenvalue weighted by molar-refractivity contribution is -0.159. The number of fused-ring (bicyclic) bond motifs is 1. The number of aliphatic hydroxyl groups is 2. The van der Waals surface area contributed by atoms with Crippen LogP contribution in [0.1, 0.15) is 71.6 Å². The summed E-state index contributed by atoms with van der Waals surface area (Å²) in [6.07, 6.45) is 8.59. The Kier molecular flexibility index (Phi) is 9.65. The summed E-state index contributed by atoms with van der Waals surface area (Å²) in [5, 5.41) is 22.8. The van der Waals surface area contributed by atoms with Crippen LogP contribution in [0, 0.1) is 29.1 Å². The van der Waals surface area contributed by atoms with Crippen molar-refractivity contribution in [3.05, 3.63) is 42.4 Å². The van der Waals surface area contributed by atoms with Crippen molar-refractivity contribution >= 4 is 13.9 Å². The second-order valence-corrected chi connectivity index (χ2v) is 18.2. The summed E-state index contributed by atoms with van der Waals surface area (Å²) in [5.74, 6) is 1.09. The predicted molar refractivity (Wildman–Crippen MR) is 155 cm³/mol. The summed E-state index contributed by atoms with van der Waals surface area (Å²) < 4.78 is 23.7. The topological polar surface area (TPSA) is 81.3 Å². The highest BCUT2D eigenvalue weighted by molar-refractivity contribution is 6.74. The summed E-state index contributed by atoms with van der Waals surface area (Å²) in [7, 11) is 1.46. The monoisotopic (exact) mass is 548 g/mol. The normalized spacial score (nSPS) is 29.7. The molecule has 0 saturated heterocycles. The molecule has 0 bridgehead atoms. The Morgan fingerprint density at radius 3 is 2.45 bits per heavy atom. The number of methoxy groups -OCH3 is 2. The maximum absolute atomic E-state index is 12.6. The van der Waals surface area contributed by atoms with E-state index in [1.165, 1.54) is 0 Å². The molecule has 1 fully saturated rings. The fraction of sp³-hybridized carbons (Fsp3) is 0.742. The highest BCUT2D eigenvalue weighted by atomic mass is 28.4. The van der Waals surface area contributed by atoms with Crippen LogP contribution in [-0.2, 0) is 20.5 Å². The Morgan fingerprint density at radius 1 is 1.24 bits per heavy atom. The van der Waals surface area contributed by atoms with Crippen molar-refractivity contribution in [1.29, 1.82) is 0 Å². The fourth-order valence-electron chi connectivity index (χ4n) is 6.91. The van der Waals surface area contributed by atoms with Crippen LogP contribution in [0.25, 0.3) is 5.57 Å². The predicted octanol–water partition coefficient (Wildman–Crippen LogP) is 6.79. The van der Waals surface area contributed by atoms with Gasteiger partial charge in [-0.05, 0) is 72.7 Å². The van der Waals surface area contributed by atoms with Gasteiger partial charge in [0.05, 0.1) is 18.5 Å². The number of ether oxygens (including phenoxy) is 2. The lowest BCUT2D eigenvalue weighted by Crippen LogP contribution is -2.51. The lowest BCUT2D eigenvalue weighted by atomic mass is 9.56. The molecule has 216 valence electrons. The van der Waals surface area contributed by atoms with E-state index in [4.69, 9.17) is 18.3 Å². The van der Waals surface area contributed by atoms with Crippen LogP contribution >= 0.6 is 0 Å². The summed E-state index contributed by atoms with van der Waals surface area (Å²) in [5.41, 5.74) is 0.532. The van der Waals surface area contributed by atoms with Crippen molar-refractivity contribution in [3.63, 3.8) is 0 Å². The Balaban J connectivity index is 1.96. The molecule has 1 aromatic heterocycles. The van der Waals surface area contributed by atoms with Gasteiger partial charge in [-0.1, -0.05) is 46.8 Å². The summed E-state index contributed by atoms with van der Waals surface area (Å²) >= 11 is 0. The number of hydrogen-bond acceptors (Lipinski definition) is 6. The molecular formula is C31H52O6Si. The molecule has 2 aliphatic carbocycles. The molecule has 0 amide bonds. The van der Waals surface area contributed by atoms with Crippen LogP contribution < -0.4 is 0 Å². The molecule has 7 heteroatoms. The Labute approximate surface area is 231 Å². The maximum atomic E-state index is 12.6.